The number of hydrogen-bond acceptors (Lipinski definition) is 4. The topological polar surface area (TPSA) is 75.8 Å². The molecule has 1 aliphatic rings. The van der Waals surface area contributed by atoms with Crippen LogP contribution in [0.15, 0.2) is 47.6 Å². The van der Waals surface area contributed by atoms with E-state index in [2.05, 4.69) is 27.1 Å². The number of benzene rings is 1. The van der Waals surface area contributed by atoms with Crippen LogP contribution in [0.1, 0.15) is 18.1 Å². The normalized spacial score (nSPS) is 17.5. The van der Waals surface area contributed by atoms with Crippen molar-refractivity contribution in [3.8, 4) is 0 Å². The van der Waals surface area contributed by atoms with Gasteiger partial charge in [0.1, 0.15) is 5.82 Å². The molecule has 6 nitrogen and oxygen atoms in total. The van der Waals surface area contributed by atoms with Gasteiger partial charge in [-0.2, -0.15) is 0 Å². The van der Waals surface area contributed by atoms with Gasteiger partial charge < -0.3 is 20.7 Å². The summed E-state index contributed by atoms with van der Waals surface area (Å²) in [6, 6.07) is 12.1. The van der Waals surface area contributed by atoms with Crippen molar-refractivity contribution in [1.29, 1.82) is 0 Å². The number of halogens is 1. The molecule has 26 heavy (non-hydrogen) atoms. The Hall–Kier alpha value is -1.87. The van der Waals surface area contributed by atoms with Crippen LogP contribution in [0.2, 0.25) is 0 Å². The number of aromatic nitrogens is 1. The van der Waals surface area contributed by atoms with Gasteiger partial charge in [0, 0.05) is 25.0 Å². The van der Waals surface area contributed by atoms with Gasteiger partial charge in [0.15, 0.2) is 5.96 Å². The molecule has 1 aliphatic heterocycles. The van der Waals surface area contributed by atoms with Gasteiger partial charge in [-0.1, -0.05) is 18.2 Å². The molecular formula is C19H26IN5O. The monoisotopic (exact) mass is 467 g/mol. The van der Waals surface area contributed by atoms with Gasteiger partial charge in [0.2, 0.25) is 0 Å². The third-order valence-electron chi connectivity index (χ3n) is 4.10. The summed E-state index contributed by atoms with van der Waals surface area (Å²) in [6.45, 7) is 7.12. The number of rotatable bonds is 4. The van der Waals surface area contributed by atoms with Crippen molar-refractivity contribution in [3.63, 3.8) is 0 Å². The highest BCUT2D eigenvalue weighted by molar-refractivity contribution is 14.0. The summed E-state index contributed by atoms with van der Waals surface area (Å²) in [5.41, 5.74) is 9.11. The lowest BCUT2D eigenvalue weighted by Gasteiger charge is -2.32. The summed E-state index contributed by atoms with van der Waals surface area (Å²) in [4.78, 5) is 11.2. The van der Waals surface area contributed by atoms with E-state index < -0.39 is 0 Å². The Morgan fingerprint density at radius 2 is 2.23 bits per heavy atom. The lowest BCUT2D eigenvalue weighted by atomic mass is 10.2. The Morgan fingerprint density at radius 3 is 2.92 bits per heavy atom. The third kappa shape index (κ3) is 5.84. The largest absolute Gasteiger partial charge is 0.375 e. The molecule has 1 aromatic heterocycles. The number of pyridine rings is 1. The fraction of sp³-hybridized carbons (Fsp3) is 0.368. The Balaban J connectivity index is 0.00000243. The number of anilines is 2. The average Bonchev–Trinajstić information content (AvgIpc) is 2.60. The zero-order valence-electron chi connectivity index (χ0n) is 15.2. The number of nitrogens with one attached hydrogen (secondary N) is 1. The number of aryl methyl sites for hydroxylation is 1. The third-order valence-corrected chi connectivity index (χ3v) is 4.10. The Kier molecular flexibility index (Phi) is 7.65. The quantitative estimate of drug-likeness (QED) is 0.411. The first-order valence-electron chi connectivity index (χ1n) is 8.55. The average molecular weight is 467 g/mol. The van der Waals surface area contributed by atoms with Crippen LogP contribution in [-0.4, -0.2) is 36.7 Å². The van der Waals surface area contributed by atoms with Crippen LogP contribution in [0.4, 0.5) is 11.5 Å². The molecule has 1 unspecified atom stereocenters. The fourth-order valence-electron chi connectivity index (χ4n) is 2.81. The van der Waals surface area contributed by atoms with Crippen LogP contribution in [0.25, 0.3) is 0 Å². The highest BCUT2D eigenvalue weighted by atomic mass is 127. The molecule has 7 heteroatoms. The molecule has 0 saturated carbocycles. The van der Waals surface area contributed by atoms with Crippen LogP contribution in [0, 0.1) is 6.92 Å². The molecule has 2 aromatic rings. The summed E-state index contributed by atoms with van der Waals surface area (Å²) < 4.78 is 5.57. The van der Waals surface area contributed by atoms with Crippen molar-refractivity contribution in [3.05, 3.63) is 53.7 Å². The Morgan fingerprint density at radius 1 is 1.38 bits per heavy atom. The molecule has 0 spiro atoms. The predicted molar refractivity (Wildman–Crippen MR) is 117 cm³/mol. The molecule has 2 heterocycles. The zero-order chi connectivity index (χ0) is 17.6. The van der Waals surface area contributed by atoms with Gasteiger partial charge in [0.05, 0.1) is 19.3 Å². The smallest absolute Gasteiger partial charge is 0.193 e. The summed E-state index contributed by atoms with van der Waals surface area (Å²) >= 11 is 0. The van der Waals surface area contributed by atoms with Gasteiger partial charge in [-0.25, -0.2) is 9.98 Å². The maximum Gasteiger partial charge on any atom is 0.193 e. The summed E-state index contributed by atoms with van der Waals surface area (Å²) in [7, 11) is 0. The minimum atomic E-state index is 0. The van der Waals surface area contributed by atoms with Gasteiger partial charge in [-0.15, -0.1) is 24.0 Å². The maximum atomic E-state index is 5.96. The second-order valence-electron chi connectivity index (χ2n) is 6.35. The minimum absolute atomic E-state index is 0. The first-order valence-corrected chi connectivity index (χ1v) is 8.55. The van der Waals surface area contributed by atoms with E-state index in [4.69, 9.17) is 10.5 Å². The van der Waals surface area contributed by atoms with Crippen molar-refractivity contribution in [2.24, 2.45) is 10.7 Å². The Labute approximate surface area is 171 Å². The standard InChI is InChI=1S/C19H25N5O.HI/c1-14-4-3-5-17(10-14)23-19(20)22-12-16-6-7-18(21-11-16)24-8-9-25-15(2)13-24;/h3-7,10-11,15H,8-9,12-13H2,1-2H3,(H3,20,22,23);1H. The predicted octanol–water partition coefficient (Wildman–Crippen LogP) is 3.16. The van der Waals surface area contributed by atoms with Crippen LogP contribution in [-0.2, 0) is 11.3 Å². The lowest BCUT2D eigenvalue weighted by molar-refractivity contribution is 0.0529. The molecule has 0 bridgehead atoms. The van der Waals surface area contributed by atoms with E-state index in [1.165, 1.54) is 5.56 Å². The molecule has 3 rings (SSSR count). The highest BCUT2D eigenvalue weighted by Gasteiger charge is 2.17. The molecule has 3 N–H and O–H groups in total. The SMILES string of the molecule is Cc1cccc(NC(N)=NCc2ccc(N3CCOC(C)C3)nc2)c1.I. The zero-order valence-corrected chi connectivity index (χ0v) is 17.5. The van der Waals surface area contributed by atoms with E-state index in [1.54, 1.807) is 0 Å². The van der Waals surface area contributed by atoms with E-state index in [0.29, 0.717) is 12.5 Å². The van der Waals surface area contributed by atoms with Gasteiger partial charge in [0.25, 0.3) is 0 Å². The van der Waals surface area contributed by atoms with E-state index in [1.807, 2.05) is 49.5 Å². The number of morpholine rings is 1. The summed E-state index contributed by atoms with van der Waals surface area (Å²) in [6.07, 6.45) is 2.10. The summed E-state index contributed by atoms with van der Waals surface area (Å²) in [5, 5.41) is 3.11. The van der Waals surface area contributed by atoms with Crippen LogP contribution in [0.5, 0.6) is 0 Å². The molecule has 1 aromatic carbocycles. The van der Waals surface area contributed by atoms with Crippen LogP contribution >= 0.6 is 24.0 Å². The number of guanidine groups is 1. The highest BCUT2D eigenvalue weighted by Crippen LogP contribution is 2.16. The second-order valence-corrected chi connectivity index (χ2v) is 6.35. The van der Waals surface area contributed by atoms with Crippen LogP contribution in [0.3, 0.4) is 0 Å². The number of aliphatic imine (C=N–C) groups is 1. The second kappa shape index (κ2) is 9.72. The maximum absolute atomic E-state index is 5.96. The number of ether oxygens (including phenoxy) is 1. The molecule has 1 atom stereocenters. The van der Waals surface area contributed by atoms with E-state index in [9.17, 15) is 0 Å². The van der Waals surface area contributed by atoms with Crippen molar-refractivity contribution in [1.82, 2.24) is 4.98 Å². The minimum Gasteiger partial charge on any atom is -0.375 e. The van der Waals surface area contributed by atoms with Gasteiger partial charge >= 0.3 is 0 Å². The molecule has 0 amide bonds. The van der Waals surface area contributed by atoms with Crippen molar-refractivity contribution < 1.29 is 4.74 Å². The molecular weight excluding hydrogens is 441 g/mol. The molecule has 140 valence electrons. The molecule has 1 fully saturated rings. The lowest BCUT2D eigenvalue weighted by Crippen LogP contribution is -2.41. The van der Waals surface area contributed by atoms with Crippen molar-refractivity contribution >= 4 is 41.4 Å². The number of nitrogens with zero attached hydrogens (tertiary/aromatic N) is 3. The fourth-order valence-corrected chi connectivity index (χ4v) is 2.81. The number of hydrogen-bond donors (Lipinski definition) is 2. The molecule has 0 aliphatic carbocycles. The van der Waals surface area contributed by atoms with Crippen molar-refractivity contribution in [2.45, 2.75) is 26.5 Å². The summed E-state index contributed by atoms with van der Waals surface area (Å²) in [5.74, 6) is 1.38. The first-order chi connectivity index (χ1) is 12.1. The first kappa shape index (κ1) is 20.4. The van der Waals surface area contributed by atoms with E-state index in [0.717, 1.165) is 36.8 Å². The van der Waals surface area contributed by atoms with Crippen LogP contribution < -0.4 is 16.0 Å². The molecule has 0 radical (unpaired) electrons. The van der Waals surface area contributed by atoms with Gasteiger partial charge in [-0.3, -0.25) is 0 Å². The van der Waals surface area contributed by atoms with E-state index in [-0.39, 0.29) is 30.1 Å². The van der Waals surface area contributed by atoms with Gasteiger partial charge in [-0.05, 0) is 43.2 Å². The Bertz CT molecular complexity index is 735. The van der Waals surface area contributed by atoms with E-state index >= 15 is 0 Å². The number of nitrogens with two attached hydrogens (primary N) is 1. The molecule has 1 saturated heterocycles. The van der Waals surface area contributed by atoms with Crippen molar-refractivity contribution in [2.75, 3.05) is 29.9 Å².